The van der Waals surface area contributed by atoms with E-state index in [0.29, 0.717) is 6.42 Å². The molecule has 13 nitrogen and oxygen atoms in total. The monoisotopic (exact) mass is 471 g/mol. The summed E-state index contributed by atoms with van der Waals surface area (Å²) < 4.78 is 0. The van der Waals surface area contributed by atoms with Crippen LogP contribution in [0.4, 0.5) is 0 Å². The van der Waals surface area contributed by atoms with Gasteiger partial charge in [0, 0.05) is 13.0 Å². The minimum Gasteiger partial charge on any atom is -0.481 e. The Balaban J connectivity index is 3.02. The molecule has 0 saturated carbocycles. The number of hydrogen-bond acceptors (Lipinski definition) is 7. The van der Waals surface area contributed by atoms with Gasteiger partial charge >= 0.3 is 11.9 Å². The molecule has 1 aliphatic rings. The zero-order valence-electron chi connectivity index (χ0n) is 18.8. The predicted octanol–water partition coefficient (Wildman–Crippen LogP) is -1.85. The number of carbonyl (C=O) groups is 6. The molecule has 0 aromatic heterocycles. The molecule has 13 heteroatoms. The number of hydrogen-bond donors (Lipinski definition) is 6. The summed E-state index contributed by atoms with van der Waals surface area (Å²) in [6.45, 7) is 3.76. The van der Waals surface area contributed by atoms with Crippen LogP contribution in [-0.2, 0) is 28.8 Å². The summed E-state index contributed by atoms with van der Waals surface area (Å²) in [6, 6.07) is -4.74. The van der Waals surface area contributed by atoms with Crippen molar-refractivity contribution in [3.63, 3.8) is 0 Å². The van der Waals surface area contributed by atoms with E-state index < -0.39 is 72.6 Å². The third-order valence-corrected chi connectivity index (χ3v) is 5.18. The number of carboxylic acids is 2. The second kappa shape index (κ2) is 12.7. The Hall–Kier alpha value is -3.22. The fraction of sp³-hybridized carbons (Fsp3) is 0.700. The largest absolute Gasteiger partial charge is 0.481 e. The van der Waals surface area contributed by atoms with Gasteiger partial charge < -0.3 is 37.2 Å². The number of amides is 4. The summed E-state index contributed by atoms with van der Waals surface area (Å²) >= 11 is 0. The van der Waals surface area contributed by atoms with Crippen LogP contribution < -0.4 is 22.1 Å². The number of carboxylic acid groups (broad SMARTS) is 2. The van der Waals surface area contributed by atoms with Crippen molar-refractivity contribution >= 4 is 35.6 Å². The predicted molar refractivity (Wildman–Crippen MR) is 114 cm³/mol. The number of primary amides is 1. The molecule has 1 aliphatic heterocycles. The molecule has 0 spiro atoms. The second-order valence-corrected chi connectivity index (χ2v) is 8.49. The van der Waals surface area contributed by atoms with Gasteiger partial charge in [-0.25, -0.2) is 4.79 Å². The molecule has 0 aliphatic carbocycles. The van der Waals surface area contributed by atoms with Crippen molar-refractivity contribution in [1.82, 2.24) is 15.5 Å². The number of aliphatic carboxylic acids is 2. The van der Waals surface area contributed by atoms with Gasteiger partial charge in [-0.15, -0.1) is 0 Å². The van der Waals surface area contributed by atoms with Gasteiger partial charge in [-0.05, 0) is 31.6 Å². The second-order valence-electron chi connectivity index (χ2n) is 8.49. The highest BCUT2D eigenvalue weighted by atomic mass is 16.4. The highest BCUT2D eigenvalue weighted by Gasteiger charge is 2.38. The SMILES string of the molecule is CC(C)CC(NC(=O)C(N)CC(N)=O)C(=O)NC(CCC(=O)O)C(=O)N1CCCC1C(=O)O. The molecule has 8 N–H and O–H groups in total. The first-order valence-corrected chi connectivity index (χ1v) is 10.7. The summed E-state index contributed by atoms with van der Waals surface area (Å²) in [6.07, 6.45) is -0.231. The molecule has 0 bridgehead atoms. The van der Waals surface area contributed by atoms with E-state index in [1.807, 2.05) is 0 Å². The quantitative estimate of drug-likeness (QED) is 0.177. The van der Waals surface area contributed by atoms with Crippen molar-refractivity contribution in [3.05, 3.63) is 0 Å². The van der Waals surface area contributed by atoms with Gasteiger partial charge in [0.2, 0.25) is 23.6 Å². The molecule has 33 heavy (non-hydrogen) atoms. The van der Waals surface area contributed by atoms with Crippen LogP contribution in [0.5, 0.6) is 0 Å². The Bertz CT molecular complexity index is 772. The van der Waals surface area contributed by atoms with Crippen LogP contribution in [0.3, 0.4) is 0 Å². The highest BCUT2D eigenvalue weighted by molar-refractivity contribution is 5.95. The summed E-state index contributed by atoms with van der Waals surface area (Å²) in [5.74, 6) is -5.46. The Morgan fingerprint density at radius 1 is 1.03 bits per heavy atom. The molecular weight excluding hydrogens is 438 g/mol. The maximum atomic E-state index is 13.0. The van der Waals surface area contributed by atoms with Crippen molar-refractivity contribution in [2.45, 2.75) is 76.5 Å². The van der Waals surface area contributed by atoms with E-state index in [0.717, 1.165) is 4.90 Å². The Kier molecular flexibility index (Phi) is 10.7. The van der Waals surface area contributed by atoms with E-state index in [9.17, 15) is 33.9 Å². The maximum Gasteiger partial charge on any atom is 0.326 e. The van der Waals surface area contributed by atoms with Crippen LogP contribution in [0, 0.1) is 5.92 Å². The number of nitrogens with one attached hydrogen (secondary N) is 2. The molecule has 0 aromatic carbocycles. The Labute approximate surface area is 191 Å². The number of rotatable bonds is 13. The van der Waals surface area contributed by atoms with Crippen LogP contribution in [0.25, 0.3) is 0 Å². The first-order valence-electron chi connectivity index (χ1n) is 10.7. The van der Waals surface area contributed by atoms with Crippen molar-refractivity contribution in [2.75, 3.05) is 6.54 Å². The van der Waals surface area contributed by atoms with Gasteiger partial charge in [0.15, 0.2) is 0 Å². The average Bonchev–Trinajstić information content (AvgIpc) is 3.19. The van der Waals surface area contributed by atoms with Crippen molar-refractivity contribution < 1.29 is 39.0 Å². The van der Waals surface area contributed by atoms with Crippen LogP contribution in [0.15, 0.2) is 0 Å². The minimum absolute atomic E-state index is 0.0587. The molecule has 4 amide bonds. The van der Waals surface area contributed by atoms with Gasteiger partial charge in [-0.2, -0.15) is 0 Å². The van der Waals surface area contributed by atoms with Gasteiger partial charge in [0.05, 0.1) is 12.5 Å². The normalized spacial score (nSPS) is 18.3. The van der Waals surface area contributed by atoms with E-state index in [1.165, 1.54) is 0 Å². The van der Waals surface area contributed by atoms with E-state index >= 15 is 0 Å². The maximum absolute atomic E-state index is 13.0. The summed E-state index contributed by atoms with van der Waals surface area (Å²) in [5.41, 5.74) is 10.7. The fourth-order valence-electron chi connectivity index (χ4n) is 3.58. The molecule has 186 valence electrons. The number of nitrogens with zero attached hydrogens (tertiary/aromatic N) is 1. The lowest BCUT2D eigenvalue weighted by Gasteiger charge is -2.29. The standard InChI is InChI=1S/C20H33N5O8/c1-10(2)8-13(24-17(29)11(21)9-15(22)26)18(30)23-12(5-6-16(27)28)19(31)25-7-3-4-14(25)20(32)33/h10-14H,3-9,21H2,1-2H3,(H2,22,26)(H,23,30)(H,24,29)(H,27,28)(H,32,33). The van der Waals surface area contributed by atoms with Crippen molar-refractivity contribution in [3.8, 4) is 0 Å². The van der Waals surface area contributed by atoms with Crippen molar-refractivity contribution in [1.29, 1.82) is 0 Å². The topological polar surface area (TPSA) is 222 Å². The number of carbonyl (C=O) groups excluding carboxylic acids is 4. The molecule has 1 saturated heterocycles. The third-order valence-electron chi connectivity index (χ3n) is 5.18. The van der Waals surface area contributed by atoms with E-state index in [4.69, 9.17) is 16.6 Å². The molecular formula is C20H33N5O8. The molecule has 0 aromatic rings. The average molecular weight is 472 g/mol. The van der Waals surface area contributed by atoms with Gasteiger partial charge in [0.25, 0.3) is 0 Å². The number of nitrogens with two attached hydrogens (primary N) is 2. The van der Waals surface area contributed by atoms with Crippen LogP contribution in [0.2, 0.25) is 0 Å². The summed E-state index contributed by atoms with van der Waals surface area (Å²) in [5, 5.41) is 23.3. The van der Waals surface area contributed by atoms with Crippen LogP contribution in [-0.4, -0.2) is 81.4 Å². The zero-order chi connectivity index (χ0) is 25.3. The molecule has 4 atom stereocenters. The number of likely N-dealkylation sites (tertiary alicyclic amines) is 1. The Morgan fingerprint density at radius 3 is 2.15 bits per heavy atom. The molecule has 4 unspecified atom stereocenters. The van der Waals surface area contributed by atoms with E-state index in [1.54, 1.807) is 13.8 Å². The first-order chi connectivity index (χ1) is 15.3. The first kappa shape index (κ1) is 27.8. The van der Waals surface area contributed by atoms with Gasteiger partial charge in [-0.3, -0.25) is 24.0 Å². The smallest absolute Gasteiger partial charge is 0.326 e. The van der Waals surface area contributed by atoms with Crippen LogP contribution >= 0.6 is 0 Å². The fourth-order valence-corrected chi connectivity index (χ4v) is 3.58. The molecule has 1 fully saturated rings. The minimum atomic E-state index is -1.29. The lowest BCUT2D eigenvalue weighted by molar-refractivity contribution is -0.150. The lowest BCUT2D eigenvalue weighted by Crippen LogP contribution is -2.57. The van der Waals surface area contributed by atoms with Gasteiger partial charge in [-0.1, -0.05) is 13.8 Å². The highest BCUT2D eigenvalue weighted by Crippen LogP contribution is 2.20. The third kappa shape index (κ3) is 9.04. The van der Waals surface area contributed by atoms with E-state index in [-0.39, 0.29) is 31.7 Å². The molecule has 0 radical (unpaired) electrons. The summed E-state index contributed by atoms with van der Waals surface area (Å²) in [4.78, 5) is 72.9. The van der Waals surface area contributed by atoms with Crippen LogP contribution in [0.1, 0.15) is 52.4 Å². The molecule has 1 rings (SSSR count). The molecule has 1 heterocycles. The lowest BCUT2D eigenvalue weighted by atomic mass is 10.0. The summed E-state index contributed by atoms with van der Waals surface area (Å²) in [7, 11) is 0. The van der Waals surface area contributed by atoms with Crippen molar-refractivity contribution in [2.24, 2.45) is 17.4 Å². The van der Waals surface area contributed by atoms with Gasteiger partial charge in [0.1, 0.15) is 18.1 Å². The zero-order valence-corrected chi connectivity index (χ0v) is 18.8. The van der Waals surface area contributed by atoms with E-state index in [2.05, 4.69) is 10.6 Å². The Morgan fingerprint density at radius 2 is 1.64 bits per heavy atom.